The average Bonchev–Trinajstić information content (AvgIpc) is 3.23. The Balaban J connectivity index is 4.63. The summed E-state index contributed by atoms with van der Waals surface area (Å²) in [5, 5.41) is 0. The zero-order valence-electron chi connectivity index (χ0n) is 37.2. The Morgan fingerprint density at radius 1 is 0.356 bits per heavy atom. The fourth-order valence-corrected chi connectivity index (χ4v) is 5.49. The minimum Gasteiger partial charge on any atom is -0.462 e. The molecule has 0 aliphatic heterocycles. The van der Waals surface area contributed by atoms with E-state index in [2.05, 4.69) is 45.1 Å². The summed E-state index contributed by atoms with van der Waals surface area (Å²) in [6, 6.07) is 0. The van der Waals surface area contributed by atoms with Crippen LogP contribution in [0.4, 0.5) is 0 Å². The summed E-state index contributed by atoms with van der Waals surface area (Å²) in [6.45, 7) is 6.16. The first kappa shape index (κ1) is 54.6. The number of carbonyl (C=O) groups is 3. The van der Waals surface area contributed by atoms with Crippen molar-refractivity contribution in [3.8, 4) is 0 Å². The fourth-order valence-electron chi connectivity index (χ4n) is 5.49. The molecule has 0 aromatic rings. The number of hydrogen-bond acceptors (Lipinski definition) is 6. The van der Waals surface area contributed by atoms with E-state index in [9.17, 15) is 14.4 Å². The van der Waals surface area contributed by atoms with Gasteiger partial charge in [0.05, 0.1) is 0 Å². The van der Waals surface area contributed by atoms with Crippen LogP contribution < -0.4 is 0 Å². The second-order valence-corrected chi connectivity index (χ2v) is 14.4. The molecule has 0 aliphatic carbocycles. The van der Waals surface area contributed by atoms with E-state index in [-0.39, 0.29) is 38.0 Å². The Morgan fingerprint density at radius 3 is 1.14 bits per heavy atom. The molecular weight excluding hydrogens is 733 g/mol. The van der Waals surface area contributed by atoms with E-state index in [0.717, 1.165) is 38.5 Å². The molecule has 0 amide bonds. The van der Waals surface area contributed by atoms with E-state index < -0.39 is 12.1 Å². The minimum atomic E-state index is -0.848. The molecule has 0 saturated carbocycles. The molecule has 0 rings (SSSR count). The Morgan fingerprint density at radius 2 is 0.695 bits per heavy atom. The zero-order valence-corrected chi connectivity index (χ0v) is 37.2. The molecule has 1 unspecified atom stereocenters. The molecule has 1 atom stereocenters. The van der Waals surface area contributed by atoms with Crippen molar-refractivity contribution in [3.05, 3.63) is 134 Å². The molecule has 0 saturated heterocycles. The lowest BCUT2D eigenvalue weighted by molar-refractivity contribution is -0.167. The lowest BCUT2D eigenvalue weighted by Gasteiger charge is -2.18. The number of hydrogen-bond donors (Lipinski definition) is 0. The quantitative estimate of drug-likeness (QED) is 0.0203. The van der Waals surface area contributed by atoms with Gasteiger partial charge in [0, 0.05) is 19.3 Å². The first-order valence-electron chi connectivity index (χ1n) is 22.8. The van der Waals surface area contributed by atoms with E-state index in [1.807, 2.05) is 109 Å². The van der Waals surface area contributed by atoms with Gasteiger partial charge in [-0.15, -0.1) is 0 Å². The van der Waals surface area contributed by atoms with Gasteiger partial charge in [-0.05, 0) is 70.6 Å². The van der Waals surface area contributed by atoms with Crippen LogP contribution in [0.2, 0.25) is 0 Å². The van der Waals surface area contributed by atoms with Gasteiger partial charge < -0.3 is 14.2 Å². The molecule has 0 fully saturated rings. The van der Waals surface area contributed by atoms with Crippen LogP contribution in [0.5, 0.6) is 0 Å². The first-order valence-corrected chi connectivity index (χ1v) is 22.8. The predicted octanol–water partition coefficient (Wildman–Crippen LogP) is 14.7. The second-order valence-electron chi connectivity index (χ2n) is 14.4. The number of rotatable bonds is 38. The molecule has 6 heteroatoms. The van der Waals surface area contributed by atoms with Crippen molar-refractivity contribution in [2.75, 3.05) is 13.2 Å². The molecule has 0 spiro atoms. The smallest absolute Gasteiger partial charge is 0.306 e. The topological polar surface area (TPSA) is 78.9 Å². The Kier molecular flexibility index (Phi) is 42.8. The maximum Gasteiger partial charge on any atom is 0.306 e. The van der Waals surface area contributed by atoms with Crippen molar-refractivity contribution in [1.82, 2.24) is 0 Å². The van der Waals surface area contributed by atoms with Gasteiger partial charge in [-0.2, -0.15) is 0 Å². The summed E-state index contributed by atoms with van der Waals surface area (Å²) < 4.78 is 16.6. The largest absolute Gasteiger partial charge is 0.462 e. The third-order valence-electron chi connectivity index (χ3n) is 8.88. The highest BCUT2D eigenvalue weighted by molar-refractivity contribution is 5.71. The van der Waals surface area contributed by atoms with Gasteiger partial charge in [-0.25, -0.2) is 0 Å². The van der Waals surface area contributed by atoms with Crippen LogP contribution in [0, 0.1) is 0 Å². The predicted molar refractivity (Wildman–Crippen MR) is 251 cm³/mol. The van der Waals surface area contributed by atoms with Crippen LogP contribution in [0.15, 0.2) is 134 Å². The monoisotopic (exact) mass is 813 g/mol. The third kappa shape index (κ3) is 44.5. The van der Waals surface area contributed by atoms with Crippen LogP contribution in [0.1, 0.15) is 162 Å². The summed E-state index contributed by atoms with van der Waals surface area (Å²) in [5.74, 6) is -1.11. The van der Waals surface area contributed by atoms with Gasteiger partial charge >= 0.3 is 17.9 Å². The molecule has 6 nitrogen and oxygen atoms in total. The van der Waals surface area contributed by atoms with Gasteiger partial charge in [-0.3, -0.25) is 14.4 Å². The maximum absolute atomic E-state index is 12.7. The Labute approximate surface area is 360 Å². The van der Waals surface area contributed by atoms with Crippen molar-refractivity contribution < 1.29 is 28.6 Å². The maximum atomic E-state index is 12.7. The van der Waals surface area contributed by atoms with E-state index in [0.29, 0.717) is 25.7 Å². The highest BCUT2D eigenvalue weighted by Crippen LogP contribution is 2.12. The summed E-state index contributed by atoms with van der Waals surface area (Å²) in [6.07, 6.45) is 64.5. The summed E-state index contributed by atoms with van der Waals surface area (Å²) in [5.41, 5.74) is 0. The standard InChI is InChI=1S/C53H80O6/c1-4-7-10-13-16-19-22-25-26-29-31-34-37-40-43-46-52(55)58-49-50(59-53(56)47-44-41-38-35-32-28-24-21-18-15-12-9-6-3)48-57-51(54)45-42-39-36-33-30-27-23-20-17-14-11-8-5-2/h8-9,11-12,14-15,17-24,27-28,30,32-33,35-36,38,50H,4-7,10,13,16,25-26,29,31,34,37,39-49H2,1-3H3/b11-8-,12-9-,17-14-,18-15-,22-19-,23-20-,24-21-,30-27-,32-28-,36-33-,38-35-. The SMILES string of the molecule is CC\C=C/C=C\C=C/C=C\C=C/CCCC(=O)OCC(COC(=O)CCCCCCCCC/C=C\CCCCCC)OC(=O)CCC\C=C/C=C\C=C/C=C\C=C/CC. The Hall–Kier alpha value is -4.45. The highest BCUT2D eigenvalue weighted by atomic mass is 16.6. The normalized spacial score (nSPS) is 13.3. The summed E-state index contributed by atoms with van der Waals surface area (Å²) >= 11 is 0. The molecular formula is C53H80O6. The van der Waals surface area contributed by atoms with Crippen LogP contribution in [-0.2, 0) is 28.6 Å². The minimum absolute atomic E-state index is 0.137. The number of carbonyl (C=O) groups excluding carboxylic acids is 3. The van der Waals surface area contributed by atoms with Gasteiger partial charge in [0.15, 0.2) is 6.10 Å². The van der Waals surface area contributed by atoms with E-state index >= 15 is 0 Å². The van der Waals surface area contributed by atoms with Crippen LogP contribution in [0.25, 0.3) is 0 Å². The molecule has 0 bridgehead atoms. The number of ether oxygens (including phenoxy) is 3. The van der Waals surface area contributed by atoms with Gasteiger partial charge in [0.1, 0.15) is 13.2 Å². The molecule has 0 radical (unpaired) electrons. The molecule has 0 heterocycles. The fraction of sp³-hybridized carbons (Fsp3) is 0.528. The van der Waals surface area contributed by atoms with Gasteiger partial charge in [0.25, 0.3) is 0 Å². The average molecular weight is 813 g/mol. The molecule has 0 aromatic carbocycles. The second kappa shape index (κ2) is 46.2. The molecule has 0 aromatic heterocycles. The molecule has 59 heavy (non-hydrogen) atoms. The summed E-state index contributed by atoms with van der Waals surface area (Å²) in [7, 11) is 0. The lowest BCUT2D eigenvalue weighted by Crippen LogP contribution is -2.30. The van der Waals surface area contributed by atoms with Crippen molar-refractivity contribution in [3.63, 3.8) is 0 Å². The van der Waals surface area contributed by atoms with Crippen molar-refractivity contribution in [1.29, 1.82) is 0 Å². The van der Waals surface area contributed by atoms with E-state index in [4.69, 9.17) is 14.2 Å². The van der Waals surface area contributed by atoms with Crippen molar-refractivity contribution in [2.45, 2.75) is 168 Å². The van der Waals surface area contributed by atoms with Crippen molar-refractivity contribution in [2.24, 2.45) is 0 Å². The number of esters is 3. The van der Waals surface area contributed by atoms with Crippen LogP contribution >= 0.6 is 0 Å². The number of unbranched alkanes of at least 4 members (excludes halogenated alkanes) is 13. The lowest BCUT2D eigenvalue weighted by atomic mass is 10.1. The molecule has 328 valence electrons. The van der Waals surface area contributed by atoms with Crippen LogP contribution in [-0.4, -0.2) is 37.2 Å². The highest BCUT2D eigenvalue weighted by Gasteiger charge is 2.19. The molecule has 0 aliphatic rings. The van der Waals surface area contributed by atoms with Gasteiger partial charge in [-0.1, -0.05) is 206 Å². The zero-order chi connectivity index (χ0) is 43.0. The molecule has 0 N–H and O–H groups in total. The van der Waals surface area contributed by atoms with Crippen molar-refractivity contribution >= 4 is 17.9 Å². The van der Waals surface area contributed by atoms with Gasteiger partial charge in [0.2, 0.25) is 0 Å². The van der Waals surface area contributed by atoms with E-state index in [1.54, 1.807) is 0 Å². The van der Waals surface area contributed by atoms with E-state index in [1.165, 1.54) is 64.2 Å². The third-order valence-corrected chi connectivity index (χ3v) is 8.88. The number of allylic oxidation sites excluding steroid dienone is 22. The van der Waals surface area contributed by atoms with Crippen LogP contribution in [0.3, 0.4) is 0 Å². The summed E-state index contributed by atoms with van der Waals surface area (Å²) in [4.78, 5) is 37.7. The first-order chi connectivity index (χ1) is 29.0. The Bertz CT molecular complexity index is 1350.